The maximum atomic E-state index is 11.4. The lowest BCUT2D eigenvalue weighted by atomic mass is 9.80. The molecule has 0 atom stereocenters. The number of phenolic OH excluding ortho intramolecular Hbond substituents is 1. The lowest BCUT2D eigenvalue weighted by Crippen LogP contribution is -2.13. The minimum Gasteiger partial charge on any atom is -0.507 e. The second-order valence-corrected chi connectivity index (χ2v) is 18.5. The van der Waals surface area contributed by atoms with Crippen molar-refractivity contribution in [2.24, 2.45) is 0 Å². The molecule has 0 saturated heterocycles. The van der Waals surface area contributed by atoms with Crippen molar-refractivity contribution in [2.75, 3.05) is 0 Å². The van der Waals surface area contributed by atoms with E-state index >= 15 is 0 Å². The molecule has 0 fully saturated rings. The highest BCUT2D eigenvalue weighted by Crippen LogP contribution is 2.42. The number of imidazole rings is 1. The first-order valence-electron chi connectivity index (χ1n) is 22.0. The quantitative estimate of drug-likeness (QED) is 0.167. The Labute approximate surface area is 359 Å². The van der Waals surface area contributed by atoms with E-state index in [9.17, 15) is 6.48 Å². The number of para-hydroxylation sites is 2. The minimum atomic E-state index is -0.926. The van der Waals surface area contributed by atoms with Gasteiger partial charge in [0.2, 0.25) is 0 Å². The molecular weight excluding hydrogens is 731 g/mol. The predicted octanol–water partition coefficient (Wildman–Crippen LogP) is 15.3. The van der Waals surface area contributed by atoms with Gasteiger partial charge in [0.05, 0.1) is 22.3 Å². The van der Waals surface area contributed by atoms with E-state index in [1.165, 1.54) is 11.1 Å². The van der Waals surface area contributed by atoms with Gasteiger partial charge in [-0.2, -0.15) is 0 Å². The fraction of sp³-hybridized carbons (Fsp3) is 0.250. The highest BCUT2D eigenvalue weighted by molar-refractivity contribution is 5.97. The molecule has 4 heteroatoms. The number of nitrogens with zero attached hydrogens (tertiary/aromatic N) is 3. The first-order chi connectivity index (χ1) is 29.2. The third kappa shape index (κ3) is 7.79. The number of aromatic nitrogens is 3. The highest BCUT2D eigenvalue weighted by Gasteiger charge is 2.25. The van der Waals surface area contributed by atoms with Crippen LogP contribution >= 0.6 is 0 Å². The van der Waals surface area contributed by atoms with Gasteiger partial charge >= 0.3 is 0 Å². The van der Waals surface area contributed by atoms with Crippen molar-refractivity contribution in [3.05, 3.63) is 168 Å². The van der Waals surface area contributed by atoms with E-state index in [-0.39, 0.29) is 16.6 Å². The van der Waals surface area contributed by atoms with Gasteiger partial charge in [0, 0.05) is 25.8 Å². The zero-order chi connectivity index (χ0) is 44.4. The fourth-order valence-electron chi connectivity index (χ4n) is 8.26. The van der Waals surface area contributed by atoms with Gasteiger partial charge < -0.3 is 5.11 Å². The molecule has 1 N–H and O–H groups in total. The molecule has 0 aliphatic rings. The Morgan fingerprint density at radius 2 is 1.25 bits per heavy atom. The maximum Gasteiger partial charge on any atom is 0.149 e. The van der Waals surface area contributed by atoms with Crippen LogP contribution in [-0.2, 0) is 10.8 Å². The second-order valence-electron chi connectivity index (χ2n) is 18.5. The molecule has 0 aliphatic carbocycles. The molecule has 8 rings (SSSR count). The van der Waals surface area contributed by atoms with Gasteiger partial charge in [-0.25, -0.2) is 4.98 Å². The number of phenols is 1. The van der Waals surface area contributed by atoms with Crippen LogP contribution in [0, 0.1) is 0 Å². The number of fused-ring (bicyclic) bond motifs is 1. The van der Waals surface area contributed by atoms with Crippen molar-refractivity contribution in [3.8, 4) is 67.5 Å². The van der Waals surface area contributed by atoms with Crippen LogP contribution in [0.3, 0.4) is 0 Å². The average molecular weight is 790 g/mol. The lowest BCUT2D eigenvalue weighted by molar-refractivity contribution is 0.477. The Hall–Kier alpha value is -6.26. The summed E-state index contributed by atoms with van der Waals surface area (Å²) in [5.41, 5.74) is 15.3. The van der Waals surface area contributed by atoms with Crippen LogP contribution in [0.4, 0.5) is 0 Å². The van der Waals surface area contributed by atoms with Crippen LogP contribution < -0.4 is 0 Å². The van der Waals surface area contributed by atoms with E-state index < -0.39 is 11.8 Å². The smallest absolute Gasteiger partial charge is 0.149 e. The first kappa shape index (κ1) is 38.0. The van der Waals surface area contributed by atoms with Crippen LogP contribution in [0.1, 0.15) is 106 Å². The molecule has 0 saturated carbocycles. The van der Waals surface area contributed by atoms with Crippen molar-refractivity contribution >= 4 is 11.0 Å². The molecule has 0 spiro atoms. The summed E-state index contributed by atoms with van der Waals surface area (Å²) in [5, 5.41) is 11.4. The van der Waals surface area contributed by atoms with Gasteiger partial charge in [-0.15, -0.1) is 0 Å². The van der Waals surface area contributed by atoms with E-state index in [1.807, 2.05) is 70.3 Å². The molecule has 0 aliphatic heterocycles. The van der Waals surface area contributed by atoms with E-state index in [0.29, 0.717) is 11.4 Å². The molecule has 0 bridgehead atoms. The van der Waals surface area contributed by atoms with Crippen molar-refractivity contribution in [1.29, 1.82) is 0 Å². The Morgan fingerprint density at radius 3 is 1.93 bits per heavy atom. The molecule has 8 aromatic rings. The summed E-state index contributed by atoms with van der Waals surface area (Å²) in [6.45, 7) is 21.1. The minimum absolute atomic E-state index is 0.0939. The Kier molecular flexibility index (Phi) is 9.96. The van der Waals surface area contributed by atoms with Crippen LogP contribution in [0.15, 0.2) is 146 Å². The number of rotatable bonds is 8. The molecule has 0 radical (unpaired) electrons. The summed E-state index contributed by atoms with van der Waals surface area (Å²) < 4.78 is 20.1. The Bertz CT molecular complexity index is 2950. The molecule has 6 aromatic carbocycles. The van der Waals surface area contributed by atoms with E-state index in [2.05, 4.69) is 143 Å². The van der Waals surface area contributed by atoms with Gasteiger partial charge in [0.25, 0.3) is 0 Å². The lowest BCUT2D eigenvalue weighted by Gasteiger charge is -2.25. The van der Waals surface area contributed by atoms with E-state index in [4.69, 9.17) is 11.3 Å². The SMILES string of the molecule is [2H]C(C)(C)c1ccc(-c2ccnc(-c3cc(-c4cccc5c4nc(-c4ccccc4O)n5-c4ccc(-c5ccccc5C(C)(C)C)c(C([2H])(C)C)c4)cc(C(C)(C)C)c3)c2)cc1. The van der Waals surface area contributed by atoms with Crippen molar-refractivity contribution in [3.63, 3.8) is 0 Å². The summed E-state index contributed by atoms with van der Waals surface area (Å²) in [4.78, 5) is 10.3. The van der Waals surface area contributed by atoms with E-state index in [0.717, 1.165) is 72.5 Å². The standard InChI is InChI=1S/C56H57N3O/c1-35(2)37-22-24-38(25-23-37)39-28-29-57-50(33-39)41-30-40(31-42(32-41)55(5,6)7)44-18-15-20-51-53(44)58-54(47-17-12-14-21-52(47)60)59(51)43-26-27-45(48(34-43)36(3)4)46-16-11-13-19-49(46)56(8,9)10/h11-36,60H,1-10H3/i35D,36D. The number of hydrogen-bond acceptors (Lipinski definition) is 3. The maximum absolute atomic E-state index is 11.4. The number of pyridine rings is 1. The Balaban J connectivity index is 1.34. The number of benzene rings is 6. The molecule has 4 nitrogen and oxygen atoms in total. The topological polar surface area (TPSA) is 50.9 Å². The van der Waals surface area contributed by atoms with Gasteiger partial charge in [0.15, 0.2) is 0 Å². The number of aromatic hydroxyl groups is 1. The predicted molar refractivity (Wildman–Crippen MR) is 253 cm³/mol. The van der Waals surface area contributed by atoms with Crippen molar-refractivity contribution < 1.29 is 7.85 Å². The van der Waals surface area contributed by atoms with Crippen molar-refractivity contribution in [2.45, 2.75) is 91.9 Å². The van der Waals surface area contributed by atoms with Gasteiger partial charge in [-0.3, -0.25) is 9.55 Å². The van der Waals surface area contributed by atoms with Crippen molar-refractivity contribution in [1.82, 2.24) is 14.5 Å². The van der Waals surface area contributed by atoms with Crippen LogP contribution in [0.5, 0.6) is 5.75 Å². The first-order valence-corrected chi connectivity index (χ1v) is 21.0. The van der Waals surface area contributed by atoms with Crippen LogP contribution in [0.2, 0.25) is 0 Å². The number of hydrogen-bond donors (Lipinski definition) is 1. The second kappa shape index (κ2) is 15.7. The summed E-state index contributed by atoms with van der Waals surface area (Å²) in [5.74, 6) is -0.839. The highest BCUT2D eigenvalue weighted by atomic mass is 16.3. The molecule has 2 heterocycles. The zero-order valence-corrected chi connectivity index (χ0v) is 36.6. The summed E-state index contributed by atoms with van der Waals surface area (Å²) in [6.07, 6.45) is 1.87. The van der Waals surface area contributed by atoms with Crippen LogP contribution in [-0.4, -0.2) is 19.6 Å². The van der Waals surface area contributed by atoms with Gasteiger partial charge in [-0.1, -0.05) is 154 Å². The molecular formula is C56H57N3O. The third-order valence-electron chi connectivity index (χ3n) is 11.6. The Morgan fingerprint density at radius 1 is 0.567 bits per heavy atom. The average Bonchev–Trinajstić information content (AvgIpc) is 3.62. The fourth-order valence-corrected chi connectivity index (χ4v) is 8.26. The third-order valence-corrected chi connectivity index (χ3v) is 11.6. The normalized spacial score (nSPS) is 13.0. The summed E-state index contributed by atoms with van der Waals surface area (Å²) in [6, 6.07) is 47.8. The molecule has 0 amide bonds. The summed E-state index contributed by atoms with van der Waals surface area (Å²) in [7, 11) is 0. The van der Waals surface area contributed by atoms with Gasteiger partial charge in [0.1, 0.15) is 11.6 Å². The van der Waals surface area contributed by atoms with E-state index in [1.54, 1.807) is 6.07 Å². The zero-order valence-electron chi connectivity index (χ0n) is 38.6. The molecule has 0 unspecified atom stereocenters. The molecule has 2 aromatic heterocycles. The monoisotopic (exact) mass is 789 g/mol. The summed E-state index contributed by atoms with van der Waals surface area (Å²) >= 11 is 0. The molecule has 60 heavy (non-hydrogen) atoms. The largest absolute Gasteiger partial charge is 0.507 e. The van der Waals surface area contributed by atoms with Gasteiger partial charge in [-0.05, 0) is 127 Å². The molecule has 302 valence electrons. The van der Waals surface area contributed by atoms with Crippen LogP contribution in [0.25, 0.3) is 72.7 Å².